The highest BCUT2D eigenvalue weighted by molar-refractivity contribution is 5.90. The summed E-state index contributed by atoms with van der Waals surface area (Å²) >= 11 is 0. The van der Waals surface area contributed by atoms with Gasteiger partial charge in [-0.05, 0) is 24.5 Å². The van der Waals surface area contributed by atoms with Gasteiger partial charge in [-0.15, -0.1) is 0 Å². The molecule has 0 aliphatic rings. The number of nitrogens with one attached hydrogen (secondary N) is 2. The zero-order valence-corrected chi connectivity index (χ0v) is 8.42. The number of hydrazine groups is 1. The zero-order chi connectivity index (χ0) is 10.6. The average molecular weight is 193 g/mol. The van der Waals surface area contributed by atoms with Crippen LogP contribution in [0.1, 0.15) is 18.1 Å². The number of para-hydroxylation sites is 1. The average Bonchev–Trinajstić information content (AvgIpc) is 2.20. The van der Waals surface area contributed by atoms with E-state index in [0.717, 1.165) is 23.2 Å². The largest absolute Gasteiger partial charge is 0.333 e. The summed E-state index contributed by atoms with van der Waals surface area (Å²) in [5.41, 5.74) is 5.03. The van der Waals surface area contributed by atoms with Crippen molar-refractivity contribution in [3.05, 3.63) is 29.3 Å². The summed E-state index contributed by atoms with van der Waals surface area (Å²) in [6.45, 7) is 3.99. The lowest BCUT2D eigenvalue weighted by Gasteiger charge is -2.11. The molecule has 1 rings (SSSR count). The Balaban J connectivity index is 2.98. The highest BCUT2D eigenvalue weighted by Gasteiger charge is 2.06. The van der Waals surface area contributed by atoms with Gasteiger partial charge >= 0.3 is 6.03 Å². The molecular weight excluding hydrogens is 178 g/mol. The van der Waals surface area contributed by atoms with Gasteiger partial charge in [0.1, 0.15) is 0 Å². The van der Waals surface area contributed by atoms with Crippen LogP contribution in [0.2, 0.25) is 0 Å². The molecule has 1 aromatic carbocycles. The van der Waals surface area contributed by atoms with E-state index in [0.29, 0.717) is 0 Å². The van der Waals surface area contributed by atoms with Crippen molar-refractivity contribution in [1.82, 2.24) is 5.43 Å². The van der Waals surface area contributed by atoms with E-state index in [2.05, 4.69) is 5.32 Å². The van der Waals surface area contributed by atoms with Gasteiger partial charge in [0.2, 0.25) is 0 Å². The third kappa shape index (κ3) is 2.23. The van der Waals surface area contributed by atoms with Crippen molar-refractivity contribution in [2.75, 3.05) is 5.32 Å². The summed E-state index contributed by atoms with van der Waals surface area (Å²) < 4.78 is 0. The SMILES string of the molecule is CCc1cccc(C)c1NC(=O)NN. The fourth-order valence-corrected chi connectivity index (χ4v) is 1.35. The lowest BCUT2D eigenvalue weighted by molar-refractivity contribution is 0.252. The van der Waals surface area contributed by atoms with Crippen LogP contribution in [0.15, 0.2) is 18.2 Å². The van der Waals surface area contributed by atoms with Gasteiger partial charge in [-0.25, -0.2) is 10.6 Å². The number of amides is 2. The molecule has 0 aliphatic carbocycles. The van der Waals surface area contributed by atoms with E-state index in [4.69, 9.17) is 5.84 Å². The van der Waals surface area contributed by atoms with Crippen molar-refractivity contribution >= 4 is 11.7 Å². The van der Waals surface area contributed by atoms with Crippen LogP contribution in [0.3, 0.4) is 0 Å². The molecule has 4 N–H and O–H groups in total. The molecule has 2 amide bonds. The second-order valence-corrected chi connectivity index (χ2v) is 3.06. The molecule has 0 unspecified atom stereocenters. The first-order valence-electron chi connectivity index (χ1n) is 4.55. The van der Waals surface area contributed by atoms with E-state index in [1.54, 1.807) is 0 Å². The van der Waals surface area contributed by atoms with Crippen LogP contribution >= 0.6 is 0 Å². The van der Waals surface area contributed by atoms with E-state index in [9.17, 15) is 4.79 Å². The van der Waals surface area contributed by atoms with Crippen molar-refractivity contribution in [3.8, 4) is 0 Å². The minimum Gasteiger partial charge on any atom is -0.306 e. The predicted octanol–water partition coefficient (Wildman–Crippen LogP) is 1.55. The number of urea groups is 1. The van der Waals surface area contributed by atoms with Crippen molar-refractivity contribution in [2.45, 2.75) is 20.3 Å². The summed E-state index contributed by atoms with van der Waals surface area (Å²) in [7, 11) is 0. The topological polar surface area (TPSA) is 67.2 Å². The molecule has 4 nitrogen and oxygen atoms in total. The molecule has 0 spiro atoms. The van der Waals surface area contributed by atoms with Gasteiger partial charge in [-0.1, -0.05) is 25.1 Å². The monoisotopic (exact) mass is 193 g/mol. The summed E-state index contributed by atoms with van der Waals surface area (Å²) in [5, 5.41) is 2.70. The lowest BCUT2D eigenvalue weighted by atomic mass is 10.1. The number of aryl methyl sites for hydroxylation is 2. The van der Waals surface area contributed by atoms with Crippen LogP contribution in [0.5, 0.6) is 0 Å². The van der Waals surface area contributed by atoms with Gasteiger partial charge in [0.25, 0.3) is 0 Å². The Kier molecular flexibility index (Phi) is 3.48. The maximum absolute atomic E-state index is 11.1. The zero-order valence-electron chi connectivity index (χ0n) is 8.42. The van der Waals surface area contributed by atoms with Crippen LogP contribution in [0, 0.1) is 6.92 Å². The fourth-order valence-electron chi connectivity index (χ4n) is 1.35. The maximum atomic E-state index is 11.1. The Hall–Kier alpha value is -1.55. The first kappa shape index (κ1) is 10.5. The lowest BCUT2D eigenvalue weighted by Crippen LogP contribution is -2.34. The molecule has 0 fully saturated rings. The molecule has 76 valence electrons. The van der Waals surface area contributed by atoms with E-state index in [1.807, 2.05) is 37.5 Å². The predicted molar refractivity (Wildman–Crippen MR) is 56.9 cm³/mol. The van der Waals surface area contributed by atoms with Crippen molar-refractivity contribution in [2.24, 2.45) is 5.84 Å². The van der Waals surface area contributed by atoms with Gasteiger partial charge in [-0.2, -0.15) is 0 Å². The second kappa shape index (κ2) is 4.62. The fraction of sp³-hybridized carbons (Fsp3) is 0.300. The maximum Gasteiger partial charge on any atom is 0.333 e. The number of hydrogen-bond donors (Lipinski definition) is 3. The Morgan fingerprint density at radius 1 is 1.50 bits per heavy atom. The number of carbonyl (C=O) groups excluding carboxylic acids is 1. The van der Waals surface area contributed by atoms with Gasteiger partial charge < -0.3 is 5.32 Å². The number of benzene rings is 1. The number of nitrogens with two attached hydrogens (primary N) is 1. The third-order valence-corrected chi connectivity index (χ3v) is 2.11. The summed E-state index contributed by atoms with van der Waals surface area (Å²) in [6, 6.07) is 5.51. The molecule has 4 heteroatoms. The van der Waals surface area contributed by atoms with Crippen molar-refractivity contribution in [1.29, 1.82) is 0 Å². The number of rotatable bonds is 2. The first-order chi connectivity index (χ1) is 6.69. The quantitative estimate of drug-likeness (QED) is 0.379. The van der Waals surface area contributed by atoms with Crippen LogP contribution in [0.25, 0.3) is 0 Å². The Bertz CT molecular complexity index is 336. The Morgan fingerprint density at radius 2 is 2.21 bits per heavy atom. The highest BCUT2D eigenvalue weighted by Crippen LogP contribution is 2.20. The molecule has 0 bridgehead atoms. The molecule has 0 radical (unpaired) electrons. The Labute approximate surface area is 83.5 Å². The molecule has 1 aromatic rings. The van der Waals surface area contributed by atoms with Crippen LogP contribution in [-0.4, -0.2) is 6.03 Å². The van der Waals surface area contributed by atoms with Crippen molar-refractivity contribution in [3.63, 3.8) is 0 Å². The minimum absolute atomic E-state index is 0.394. The number of anilines is 1. The molecule has 14 heavy (non-hydrogen) atoms. The van der Waals surface area contributed by atoms with Crippen LogP contribution in [-0.2, 0) is 6.42 Å². The van der Waals surface area contributed by atoms with Crippen LogP contribution < -0.4 is 16.6 Å². The summed E-state index contributed by atoms with van der Waals surface area (Å²) in [6.07, 6.45) is 0.877. The van der Waals surface area contributed by atoms with Gasteiger partial charge in [0.05, 0.1) is 0 Å². The number of hydrogen-bond acceptors (Lipinski definition) is 2. The minimum atomic E-state index is -0.394. The smallest absolute Gasteiger partial charge is 0.306 e. The van der Waals surface area contributed by atoms with E-state index in [1.165, 1.54) is 0 Å². The third-order valence-electron chi connectivity index (χ3n) is 2.11. The first-order valence-corrected chi connectivity index (χ1v) is 4.55. The van der Waals surface area contributed by atoms with Gasteiger partial charge in [0.15, 0.2) is 0 Å². The standard InChI is InChI=1S/C10H15N3O/c1-3-8-6-4-5-7(2)9(8)12-10(14)13-11/h4-6H,3,11H2,1-2H3,(H2,12,13,14). The number of carbonyl (C=O) groups is 1. The molecule has 0 aliphatic heterocycles. The van der Waals surface area contributed by atoms with Gasteiger partial charge in [0, 0.05) is 5.69 Å². The molecule has 0 saturated carbocycles. The van der Waals surface area contributed by atoms with E-state index >= 15 is 0 Å². The van der Waals surface area contributed by atoms with Crippen LogP contribution in [0.4, 0.5) is 10.5 Å². The Morgan fingerprint density at radius 3 is 2.79 bits per heavy atom. The molecule has 0 atom stereocenters. The summed E-state index contributed by atoms with van der Waals surface area (Å²) in [4.78, 5) is 11.1. The molecular formula is C10H15N3O. The van der Waals surface area contributed by atoms with Crippen molar-refractivity contribution < 1.29 is 4.79 Å². The second-order valence-electron chi connectivity index (χ2n) is 3.06. The molecule has 0 saturated heterocycles. The summed E-state index contributed by atoms with van der Waals surface area (Å²) in [5.74, 6) is 5.00. The molecule has 0 heterocycles. The van der Waals surface area contributed by atoms with Gasteiger partial charge in [-0.3, -0.25) is 5.43 Å². The normalized spacial score (nSPS) is 9.64. The van der Waals surface area contributed by atoms with E-state index < -0.39 is 6.03 Å². The highest BCUT2D eigenvalue weighted by atomic mass is 16.2. The van der Waals surface area contributed by atoms with E-state index in [-0.39, 0.29) is 0 Å². The molecule has 0 aromatic heterocycles.